The van der Waals surface area contributed by atoms with E-state index in [0.29, 0.717) is 18.9 Å². The molecule has 0 aliphatic carbocycles. The van der Waals surface area contributed by atoms with Crippen LogP contribution in [-0.4, -0.2) is 39.8 Å². The van der Waals surface area contributed by atoms with Gasteiger partial charge in [-0.1, -0.05) is 44.2 Å². The highest BCUT2D eigenvalue weighted by Crippen LogP contribution is 2.07. The number of hydrogen-bond donors (Lipinski definition) is 2. The van der Waals surface area contributed by atoms with Gasteiger partial charge in [0.05, 0.1) is 11.5 Å². The summed E-state index contributed by atoms with van der Waals surface area (Å²) in [6, 6.07) is 9.31. The lowest BCUT2D eigenvalue weighted by Crippen LogP contribution is -2.38. The van der Waals surface area contributed by atoms with Crippen molar-refractivity contribution in [1.29, 1.82) is 0 Å². The molecule has 0 aromatic heterocycles. The second-order valence-electron chi connectivity index (χ2n) is 6.65. The van der Waals surface area contributed by atoms with Gasteiger partial charge in [-0.15, -0.1) is 24.0 Å². The summed E-state index contributed by atoms with van der Waals surface area (Å²) in [5.41, 5.74) is 0.839. The van der Waals surface area contributed by atoms with E-state index in [2.05, 4.69) is 29.5 Å². The van der Waals surface area contributed by atoms with Crippen LogP contribution in [0.2, 0.25) is 0 Å². The highest BCUT2D eigenvalue weighted by atomic mass is 127. The highest BCUT2D eigenvalue weighted by molar-refractivity contribution is 14.0. The Bertz CT molecular complexity index is 604. The smallest absolute Gasteiger partial charge is 0.191 e. The van der Waals surface area contributed by atoms with Gasteiger partial charge in [-0.25, -0.2) is 8.42 Å². The summed E-state index contributed by atoms with van der Waals surface area (Å²) in [6.07, 6.45) is 2.83. The molecule has 0 fully saturated rings. The second kappa shape index (κ2) is 14.3. The predicted molar refractivity (Wildman–Crippen MR) is 122 cm³/mol. The van der Waals surface area contributed by atoms with Crippen LogP contribution >= 0.6 is 24.0 Å². The maximum atomic E-state index is 12.2. The molecule has 0 amide bonds. The fourth-order valence-electron chi connectivity index (χ4n) is 2.43. The lowest BCUT2D eigenvalue weighted by Gasteiger charge is -2.12. The number of guanidine groups is 1. The van der Waals surface area contributed by atoms with Gasteiger partial charge in [0, 0.05) is 19.6 Å². The first kappa shape index (κ1) is 25.2. The molecule has 150 valence electrons. The van der Waals surface area contributed by atoms with E-state index in [-0.39, 0.29) is 35.5 Å². The standard InChI is InChI=1S/C19H33N3O2S.HI/c1-4-20-19(21-13-8-10-17(2)3)22-14-9-15-25(23,24)16-18-11-6-5-7-12-18;/h5-7,11-12,17H,4,8-10,13-16H2,1-3H3,(H2,20,21,22);1H. The van der Waals surface area contributed by atoms with Crippen LogP contribution in [0.1, 0.15) is 45.6 Å². The molecule has 0 aliphatic heterocycles. The molecule has 0 saturated heterocycles. The van der Waals surface area contributed by atoms with Gasteiger partial charge in [0.2, 0.25) is 0 Å². The van der Waals surface area contributed by atoms with Crippen LogP contribution in [0, 0.1) is 5.92 Å². The van der Waals surface area contributed by atoms with Crippen molar-refractivity contribution in [1.82, 2.24) is 10.6 Å². The van der Waals surface area contributed by atoms with E-state index in [1.807, 2.05) is 37.3 Å². The van der Waals surface area contributed by atoms with Crippen LogP contribution in [0.15, 0.2) is 35.3 Å². The molecule has 26 heavy (non-hydrogen) atoms. The Kier molecular flexibility index (Phi) is 13.8. The number of rotatable bonds is 11. The van der Waals surface area contributed by atoms with Crippen molar-refractivity contribution < 1.29 is 8.42 Å². The minimum atomic E-state index is -3.09. The summed E-state index contributed by atoms with van der Waals surface area (Å²) in [5.74, 6) is 1.74. The molecule has 1 rings (SSSR count). The topological polar surface area (TPSA) is 70.6 Å². The van der Waals surface area contributed by atoms with Gasteiger partial charge in [-0.05, 0) is 37.7 Å². The third-order valence-electron chi connectivity index (χ3n) is 3.71. The summed E-state index contributed by atoms with van der Waals surface area (Å²) in [7, 11) is -3.09. The van der Waals surface area contributed by atoms with Crippen LogP contribution in [0.5, 0.6) is 0 Å². The van der Waals surface area contributed by atoms with Crippen LogP contribution in [-0.2, 0) is 15.6 Å². The second-order valence-corrected chi connectivity index (χ2v) is 8.84. The molecular weight excluding hydrogens is 461 g/mol. The predicted octanol–water partition coefficient (Wildman–Crippen LogP) is 3.60. The Morgan fingerprint density at radius 1 is 1.12 bits per heavy atom. The highest BCUT2D eigenvalue weighted by Gasteiger charge is 2.11. The summed E-state index contributed by atoms with van der Waals surface area (Å²) >= 11 is 0. The number of nitrogens with zero attached hydrogens (tertiary/aromatic N) is 1. The van der Waals surface area contributed by atoms with E-state index >= 15 is 0 Å². The average molecular weight is 495 g/mol. The van der Waals surface area contributed by atoms with Crippen molar-refractivity contribution in [3.8, 4) is 0 Å². The number of halogens is 1. The van der Waals surface area contributed by atoms with Crippen LogP contribution in [0.3, 0.4) is 0 Å². The Morgan fingerprint density at radius 2 is 1.81 bits per heavy atom. The zero-order chi connectivity index (χ0) is 18.5. The Labute approximate surface area is 176 Å². The summed E-state index contributed by atoms with van der Waals surface area (Å²) in [6.45, 7) is 8.65. The van der Waals surface area contributed by atoms with Crippen LogP contribution < -0.4 is 10.6 Å². The maximum absolute atomic E-state index is 12.2. The molecule has 0 aliphatic rings. The van der Waals surface area contributed by atoms with Gasteiger partial charge in [0.1, 0.15) is 0 Å². The SMILES string of the molecule is CCNC(=NCCCS(=O)(=O)Cc1ccccc1)NCCCC(C)C.I. The molecule has 0 bridgehead atoms. The van der Waals surface area contributed by atoms with Crippen LogP contribution in [0.4, 0.5) is 0 Å². The lowest BCUT2D eigenvalue weighted by atomic mass is 10.1. The van der Waals surface area contributed by atoms with Gasteiger partial charge < -0.3 is 10.6 Å². The molecule has 1 aromatic carbocycles. The van der Waals surface area contributed by atoms with Crippen molar-refractivity contribution in [3.05, 3.63) is 35.9 Å². The first-order valence-electron chi connectivity index (χ1n) is 9.19. The monoisotopic (exact) mass is 495 g/mol. The number of hydrogen-bond acceptors (Lipinski definition) is 3. The quantitative estimate of drug-likeness (QED) is 0.213. The summed E-state index contributed by atoms with van der Waals surface area (Å²) in [5, 5.41) is 6.50. The van der Waals surface area contributed by atoms with Gasteiger partial charge in [0.15, 0.2) is 15.8 Å². The summed E-state index contributed by atoms with van der Waals surface area (Å²) < 4.78 is 24.3. The number of sulfone groups is 1. The van der Waals surface area contributed by atoms with Gasteiger partial charge in [-0.3, -0.25) is 4.99 Å². The van der Waals surface area contributed by atoms with Gasteiger partial charge >= 0.3 is 0 Å². The molecular formula is C19H34IN3O2S. The Hall–Kier alpha value is -0.830. The Balaban J connectivity index is 0.00000625. The molecule has 2 N–H and O–H groups in total. The first-order chi connectivity index (χ1) is 11.9. The van der Waals surface area contributed by atoms with Crippen molar-refractivity contribution in [2.45, 2.75) is 45.8 Å². The van der Waals surface area contributed by atoms with Crippen molar-refractivity contribution in [3.63, 3.8) is 0 Å². The normalized spacial score (nSPS) is 11.9. The number of nitrogens with one attached hydrogen (secondary N) is 2. The fourth-order valence-corrected chi connectivity index (χ4v) is 3.85. The zero-order valence-electron chi connectivity index (χ0n) is 16.2. The lowest BCUT2D eigenvalue weighted by molar-refractivity contribution is 0.549. The molecule has 0 radical (unpaired) electrons. The van der Waals surface area contributed by atoms with E-state index < -0.39 is 9.84 Å². The largest absolute Gasteiger partial charge is 0.357 e. The van der Waals surface area contributed by atoms with E-state index in [0.717, 1.165) is 31.0 Å². The van der Waals surface area contributed by atoms with Crippen molar-refractivity contribution >= 4 is 39.8 Å². The fraction of sp³-hybridized carbons (Fsp3) is 0.632. The Morgan fingerprint density at radius 3 is 2.42 bits per heavy atom. The molecule has 0 atom stereocenters. The van der Waals surface area contributed by atoms with Crippen LogP contribution in [0.25, 0.3) is 0 Å². The third-order valence-corrected chi connectivity index (χ3v) is 5.39. The molecule has 0 heterocycles. The van der Waals surface area contributed by atoms with E-state index in [1.165, 1.54) is 6.42 Å². The van der Waals surface area contributed by atoms with E-state index in [4.69, 9.17) is 0 Å². The number of benzene rings is 1. The molecule has 1 aromatic rings. The zero-order valence-corrected chi connectivity index (χ0v) is 19.3. The third kappa shape index (κ3) is 12.5. The minimum Gasteiger partial charge on any atom is -0.357 e. The average Bonchev–Trinajstić information content (AvgIpc) is 2.55. The summed E-state index contributed by atoms with van der Waals surface area (Å²) in [4.78, 5) is 4.47. The first-order valence-corrected chi connectivity index (χ1v) is 11.0. The maximum Gasteiger partial charge on any atom is 0.191 e. The van der Waals surface area contributed by atoms with Crippen molar-refractivity contribution in [2.24, 2.45) is 10.9 Å². The molecule has 0 unspecified atom stereocenters. The van der Waals surface area contributed by atoms with E-state index in [1.54, 1.807) is 0 Å². The van der Waals surface area contributed by atoms with E-state index in [9.17, 15) is 8.42 Å². The van der Waals surface area contributed by atoms with Gasteiger partial charge in [0.25, 0.3) is 0 Å². The van der Waals surface area contributed by atoms with Crippen molar-refractivity contribution in [2.75, 3.05) is 25.4 Å². The van der Waals surface area contributed by atoms with Gasteiger partial charge in [-0.2, -0.15) is 0 Å². The minimum absolute atomic E-state index is 0. The number of aliphatic imine (C=N–C) groups is 1. The molecule has 7 heteroatoms. The molecule has 0 spiro atoms. The molecule has 5 nitrogen and oxygen atoms in total. The molecule has 0 saturated carbocycles.